The van der Waals surface area contributed by atoms with Crippen molar-refractivity contribution in [3.05, 3.63) is 42.1 Å². The van der Waals surface area contributed by atoms with E-state index in [-0.39, 0.29) is 12.6 Å². The van der Waals surface area contributed by atoms with Gasteiger partial charge in [0.25, 0.3) is 5.91 Å². The van der Waals surface area contributed by atoms with E-state index in [4.69, 9.17) is 9.47 Å². The Morgan fingerprint density at radius 2 is 1.92 bits per heavy atom. The van der Waals surface area contributed by atoms with Crippen molar-refractivity contribution in [2.24, 2.45) is 0 Å². The Kier molecular flexibility index (Phi) is 6.16. The van der Waals surface area contributed by atoms with Crippen LogP contribution in [0.15, 0.2) is 36.5 Å². The van der Waals surface area contributed by atoms with Crippen LogP contribution in [0.1, 0.15) is 32.4 Å². The number of aryl methyl sites for hydroxylation is 1. The second kappa shape index (κ2) is 8.32. The molecule has 2 aromatic rings. The van der Waals surface area contributed by atoms with E-state index in [0.29, 0.717) is 11.6 Å². The first-order valence-corrected chi connectivity index (χ1v) is 8.10. The fraction of sp³-hybridized carbons (Fsp3) is 0.389. The zero-order valence-corrected chi connectivity index (χ0v) is 14.9. The summed E-state index contributed by atoms with van der Waals surface area (Å²) in [5.74, 6) is 0.131. The number of hydrogen-bond donors (Lipinski definition) is 1. The Balaban J connectivity index is 1.85. The van der Waals surface area contributed by atoms with Crippen molar-refractivity contribution in [2.75, 3.05) is 11.9 Å². The zero-order valence-electron chi connectivity index (χ0n) is 14.9. The molecule has 1 N–H and O–H groups in total. The Morgan fingerprint density at radius 3 is 2.60 bits per heavy atom. The monoisotopic (exact) mass is 345 g/mol. The maximum atomic E-state index is 12.2. The molecule has 0 aliphatic rings. The van der Waals surface area contributed by atoms with Crippen LogP contribution in [-0.4, -0.2) is 34.4 Å². The predicted octanol–water partition coefficient (Wildman–Crippen LogP) is 2.72. The molecule has 0 aliphatic heterocycles. The third kappa shape index (κ3) is 5.07. The number of carbonyl (C=O) groups excluding carboxylic acids is 2. The van der Waals surface area contributed by atoms with Gasteiger partial charge in [-0.15, -0.1) is 0 Å². The number of nitrogens with zero attached hydrogens (tertiary/aromatic N) is 2. The number of esters is 1. The first-order valence-electron chi connectivity index (χ1n) is 8.10. The van der Waals surface area contributed by atoms with Gasteiger partial charge >= 0.3 is 5.97 Å². The van der Waals surface area contributed by atoms with Crippen LogP contribution in [-0.2, 0) is 14.3 Å². The molecule has 0 unspecified atom stereocenters. The van der Waals surface area contributed by atoms with E-state index in [1.807, 2.05) is 39.0 Å². The van der Waals surface area contributed by atoms with Crippen LogP contribution in [0.5, 0.6) is 5.75 Å². The molecule has 134 valence electrons. The van der Waals surface area contributed by atoms with Crippen LogP contribution >= 0.6 is 0 Å². The number of rotatable bonds is 7. The van der Waals surface area contributed by atoms with E-state index < -0.39 is 18.0 Å². The molecule has 0 saturated carbocycles. The predicted molar refractivity (Wildman–Crippen MR) is 93.5 cm³/mol. The molecule has 1 atom stereocenters. The summed E-state index contributed by atoms with van der Waals surface area (Å²) in [6, 6.07) is 9.15. The molecule has 1 aromatic heterocycles. The largest absolute Gasteiger partial charge is 0.482 e. The number of para-hydroxylation sites is 1. The molecule has 2 rings (SSSR count). The highest BCUT2D eigenvalue weighted by atomic mass is 16.6. The number of benzene rings is 1. The Labute approximate surface area is 146 Å². The van der Waals surface area contributed by atoms with Gasteiger partial charge in [0, 0.05) is 12.1 Å². The molecule has 25 heavy (non-hydrogen) atoms. The molecule has 7 heteroatoms. The lowest BCUT2D eigenvalue weighted by Crippen LogP contribution is -2.32. The lowest BCUT2D eigenvalue weighted by molar-refractivity contribution is -0.155. The molecule has 0 spiro atoms. The average Bonchev–Trinajstić information content (AvgIpc) is 3.02. The molecule has 0 radical (unpaired) electrons. The maximum absolute atomic E-state index is 12.2. The van der Waals surface area contributed by atoms with Crippen molar-refractivity contribution >= 4 is 17.7 Å². The van der Waals surface area contributed by atoms with Gasteiger partial charge in [0.05, 0.1) is 6.20 Å². The smallest absolute Gasteiger partial charge is 0.344 e. The molecule has 0 bridgehead atoms. The number of hydrogen-bond acceptors (Lipinski definition) is 5. The van der Waals surface area contributed by atoms with Crippen molar-refractivity contribution in [1.29, 1.82) is 0 Å². The maximum Gasteiger partial charge on any atom is 0.344 e. The molecule has 7 nitrogen and oxygen atoms in total. The summed E-state index contributed by atoms with van der Waals surface area (Å²) in [7, 11) is 0. The van der Waals surface area contributed by atoms with Crippen LogP contribution in [0, 0.1) is 6.92 Å². The quantitative estimate of drug-likeness (QED) is 0.780. The van der Waals surface area contributed by atoms with Crippen molar-refractivity contribution < 1.29 is 19.1 Å². The molecular weight excluding hydrogens is 322 g/mol. The lowest BCUT2D eigenvalue weighted by Gasteiger charge is -2.16. The number of aromatic nitrogens is 2. The van der Waals surface area contributed by atoms with Gasteiger partial charge < -0.3 is 14.8 Å². The number of anilines is 1. The molecule has 1 aromatic carbocycles. The molecular formula is C18H23N3O4. The average molecular weight is 345 g/mol. The zero-order chi connectivity index (χ0) is 18.4. The van der Waals surface area contributed by atoms with E-state index in [0.717, 1.165) is 5.56 Å². The summed E-state index contributed by atoms with van der Waals surface area (Å²) in [5.41, 5.74) is 0.919. The summed E-state index contributed by atoms with van der Waals surface area (Å²) >= 11 is 0. The summed E-state index contributed by atoms with van der Waals surface area (Å²) in [6.45, 7) is 7.04. The fourth-order valence-corrected chi connectivity index (χ4v) is 2.19. The van der Waals surface area contributed by atoms with Gasteiger partial charge in [0.15, 0.2) is 12.7 Å². The van der Waals surface area contributed by atoms with Crippen molar-refractivity contribution in [2.45, 2.75) is 39.8 Å². The highest BCUT2D eigenvalue weighted by molar-refractivity contribution is 5.94. The van der Waals surface area contributed by atoms with E-state index >= 15 is 0 Å². The SMILES string of the molecule is Cc1ccccc1OCC(=O)O[C@H](C)C(=O)Nc1ccnn1C(C)C. The first-order chi connectivity index (χ1) is 11.9. The van der Waals surface area contributed by atoms with Crippen LogP contribution in [0.3, 0.4) is 0 Å². The van der Waals surface area contributed by atoms with E-state index in [1.165, 1.54) is 6.92 Å². The molecule has 0 aliphatic carbocycles. The summed E-state index contributed by atoms with van der Waals surface area (Å²) in [5, 5.41) is 6.84. The minimum absolute atomic E-state index is 0.102. The van der Waals surface area contributed by atoms with Gasteiger partial charge in [-0.1, -0.05) is 18.2 Å². The topological polar surface area (TPSA) is 82.4 Å². The van der Waals surface area contributed by atoms with E-state index in [1.54, 1.807) is 23.0 Å². The van der Waals surface area contributed by atoms with Gasteiger partial charge in [-0.2, -0.15) is 5.10 Å². The number of amides is 1. The Morgan fingerprint density at radius 1 is 1.20 bits per heavy atom. The van der Waals surface area contributed by atoms with Crippen molar-refractivity contribution in [1.82, 2.24) is 9.78 Å². The van der Waals surface area contributed by atoms with Gasteiger partial charge in [-0.05, 0) is 39.3 Å². The highest BCUT2D eigenvalue weighted by Crippen LogP contribution is 2.16. The fourth-order valence-electron chi connectivity index (χ4n) is 2.19. The van der Waals surface area contributed by atoms with Crippen LogP contribution in [0.2, 0.25) is 0 Å². The summed E-state index contributed by atoms with van der Waals surface area (Å²) < 4.78 is 12.2. The second-order valence-corrected chi connectivity index (χ2v) is 5.93. The first kappa shape index (κ1) is 18.5. The highest BCUT2D eigenvalue weighted by Gasteiger charge is 2.20. The second-order valence-electron chi connectivity index (χ2n) is 5.93. The van der Waals surface area contributed by atoms with Crippen LogP contribution in [0.4, 0.5) is 5.82 Å². The van der Waals surface area contributed by atoms with Gasteiger partial charge in [-0.25, -0.2) is 9.48 Å². The molecule has 1 heterocycles. The van der Waals surface area contributed by atoms with E-state index in [2.05, 4.69) is 10.4 Å². The lowest BCUT2D eigenvalue weighted by atomic mass is 10.2. The summed E-state index contributed by atoms with van der Waals surface area (Å²) in [4.78, 5) is 24.1. The standard InChI is InChI=1S/C18H23N3O4/c1-12(2)21-16(9-10-19-21)20-18(23)14(4)25-17(22)11-24-15-8-6-5-7-13(15)3/h5-10,12,14H,11H2,1-4H3,(H,20,23)/t14-/m1/s1. The Hall–Kier alpha value is -2.83. The minimum atomic E-state index is -0.941. The Bertz CT molecular complexity index is 739. The third-order valence-electron chi connectivity index (χ3n) is 3.53. The minimum Gasteiger partial charge on any atom is -0.482 e. The molecule has 0 saturated heterocycles. The molecule has 1 amide bonds. The number of nitrogens with one attached hydrogen (secondary N) is 1. The molecule has 0 fully saturated rings. The number of ether oxygens (including phenoxy) is 2. The van der Waals surface area contributed by atoms with Gasteiger partial charge in [-0.3, -0.25) is 4.79 Å². The van der Waals surface area contributed by atoms with Crippen molar-refractivity contribution in [3.8, 4) is 5.75 Å². The summed E-state index contributed by atoms with van der Waals surface area (Å²) in [6.07, 6.45) is 0.658. The normalized spacial score (nSPS) is 11.9. The third-order valence-corrected chi connectivity index (χ3v) is 3.53. The van der Waals surface area contributed by atoms with Crippen molar-refractivity contribution in [3.63, 3.8) is 0 Å². The van der Waals surface area contributed by atoms with Crippen LogP contribution < -0.4 is 10.1 Å². The number of carbonyl (C=O) groups is 2. The van der Waals surface area contributed by atoms with Gasteiger partial charge in [0.2, 0.25) is 0 Å². The van der Waals surface area contributed by atoms with Gasteiger partial charge in [0.1, 0.15) is 11.6 Å². The van der Waals surface area contributed by atoms with E-state index in [9.17, 15) is 9.59 Å². The van der Waals surface area contributed by atoms with Crippen LogP contribution in [0.25, 0.3) is 0 Å².